The molecule has 0 N–H and O–H groups in total. The Morgan fingerprint density at radius 1 is 1.02 bits per heavy atom. The highest BCUT2D eigenvalue weighted by atomic mass is 28.3. The van der Waals surface area contributed by atoms with E-state index in [4.69, 9.17) is 24.3 Å². The SMILES string of the molecule is C=Cc1ccc(-c2cnn3c(N(COCC[Si](C)(C)C)COCC[Si](C)(C)C)cc(CC[C@@H](C)N(/C=C\C)C(=O)OC(C)(C)C)nc23)cn1. The van der Waals surface area contributed by atoms with Gasteiger partial charge in [-0.05, 0) is 71.7 Å². The summed E-state index contributed by atoms with van der Waals surface area (Å²) in [5.74, 6) is 0.841. The molecule has 0 unspecified atom stereocenters. The van der Waals surface area contributed by atoms with Gasteiger partial charge in [-0.15, -0.1) is 0 Å². The Morgan fingerprint density at radius 2 is 1.65 bits per heavy atom. The third-order valence-corrected chi connectivity index (χ3v) is 11.2. The maximum absolute atomic E-state index is 13.1. The van der Waals surface area contributed by atoms with Crippen LogP contribution in [0.25, 0.3) is 22.9 Å². The molecule has 0 radical (unpaired) electrons. The molecule has 0 aromatic carbocycles. The van der Waals surface area contributed by atoms with E-state index in [2.05, 4.69) is 61.8 Å². The van der Waals surface area contributed by atoms with Crippen molar-refractivity contribution < 1.29 is 19.0 Å². The van der Waals surface area contributed by atoms with Crippen molar-refractivity contribution in [3.05, 3.63) is 60.8 Å². The lowest BCUT2D eigenvalue weighted by Crippen LogP contribution is -2.39. The third kappa shape index (κ3) is 13.1. The van der Waals surface area contributed by atoms with Crippen LogP contribution in [-0.2, 0) is 20.6 Å². The van der Waals surface area contributed by atoms with Crippen LogP contribution >= 0.6 is 0 Å². The Bertz CT molecular complexity index is 1520. The number of nitrogens with zero attached hydrogens (tertiary/aromatic N) is 6. The summed E-state index contributed by atoms with van der Waals surface area (Å²) in [6.45, 7) is 29.7. The molecular weight excluding hydrogens is 649 g/mol. The highest BCUT2D eigenvalue weighted by molar-refractivity contribution is 6.76. The number of fused-ring (bicyclic) bond motifs is 1. The van der Waals surface area contributed by atoms with Crippen LogP contribution in [0.15, 0.2) is 49.4 Å². The lowest BCUT2D eigenvalue weighted by molar-refractivity contribution is 0.0274. The molecule has 0 fully saturated rings. The largest absolute Gasteiger partial charge is 0.443 e. The van der Waals surface area contributed by atoms with E-state index < -0.39 is 21.7 Å². The number of amides is 1. The van der Waals surface area contributed by atoms with Crippen LogP contribution in [0.1, 0.15) is 52.4 Å². The molecule has 0 bridgehead atoms. The summed E-state index contributed by atoms with van der Waals surface area (Å²) in [5, 5.41) is 4.83. The van der Waals surface area contributed by atoms with Gasteiger partial charge in [0, 0.05) is 70.7 Å². The predicted molar refractivity (Wildman–Crippen MR) is 207 cm³/mol. The van der Waals surface area contributed by atoms with Crippen molar-refractivity contribution in [1.82, 2.24) is 24.5 Å². The molecule has 0 aliphatic carbocycles. The maximum Gasteiger partial charge on any atom is 0.414 e. The van der Waals surface area contributed by atoms with E-state index in [1.807, 2.05) is 69.7 Å². The Hall–Kier alpha value is -3.33. The van der Waals surface area contributed by atoms with Gasteiger partial charge in [-0.2, -0.15) is 9.61 Å². The minimum absolute atomic E-state index is 0.126. The number of hydrogen-bond acceptors (Lipinski definition) is 8. The number of carbonyl (C=O) groups is 1. The average Bonchev–Trinajstić information content (AvgIpc) is 3.43. The predicted octanol–water partition coefficient (Wildman–Crippen LogP) is 8.96. The highest BCUT2D eigenvalue weighted by Crippen LogP contribution is 2.28. The van der Waals surface area contributed by atoms with Gasteiger partial charge in [0.05, 0.1) is 11.9 Å². The van der Waals surface area contributed by atoms with Gasteiger partial charge in [-0.1, -0.05) is 58.0 Å². The van der Waals surface area contributed by atoms with Crippen LogP contribution in [-0.4, -0.2) is 85.0 Å². The quantitative estimate of drug-likeness (QED) is 0.0735. The molecule has 3 heterocycles. The van der Waals surface area contributed by atoms with Gasteiger partial charge in [-0.25, -0.2) is 9.78 Å². The normalized spacial score (nSPS) is 13.2. The minimum Gasteiger partial charge on any atom is -0.443 e. The van der Waals surface area contributed by atoms with Crippen LogP contribution in [0.5, 0.6) is 0 Å². The van der Waals surface area contributed by atoms with E-state index in [0.29, 0.717) is 39.5 Å². The lowest BCUT2D eigenvalue weighted by atomic mass is 10.1. The number of aromatic nitrogens is 4. The van der Waals surface area contributed by atoms with E-state index in [0.717, 1.165) is 46.1 Å². The van der Waals surface area contributed by atoms with Crippen LogP contribution in [0.2, 0.25) is 51.4 Å². The summed E-state index contributed by atoms with van der Waals surface area (Å²) in [4.78, 5) is 26.5. The number of hydrogen-bond donors (Lipinski definition) is 0. The Kier molecular flexibility index (Phi) is 14.4. The van der Waals surface area contributed by atoms with Crippen LogP contribution in [0.4, 0.5) is 10.6 Å². The minimum atomic E-state index is -1.26. The standard InChI is InChI=1S/C37H60N6O4Si2/c1-13-19-42(36(44)47-37(4,5)6)29(3)15-17-32-24-34(41(27-45-20-22-48(7,8)9)28-46-21-23-49(10,11)12)43-35(40-32)33(26-39-43)30-16-18-31(14-2)38-25-30/h13-14,16,18-19,24-26,29H,2,15,17,20-23,27-28H2,1,3-12H3/b19-13-/t29-/m1/s1. The van der Waals surface area contributed by atoms with Crippen molar-refractivity contribution in [3.63, 3.8) is 0 Å². The summed E-state index contributed by atoms with van der Waals surface area (Å²) in [6.07, 6.45) is 9.97. The molecule has 1 amide bonds. The first-order valence-corrected chi connectivity index (χ1v) is 24.8. The van der Waals surface area contributed by atoms with Gasteiger partial charge in [0.1, 0.15) is 24.9 Å². The van der Waals surface area contributed by atoms with Gasteiger partial charge < -0.3 is 19.1 Å². The fraction of sp³-hybridized carbons (Fsp3) is 0.568. The molecule has 0 aliphatic heterocycles. The van der Waals surface area contributed by atoms with Crippen LogP contribution < -0.4 is 4.90 Å². The smallest absolute Gasteiger partial charge is 0.414 e. The maximum atomic E-state index is 13.1. The first-order valence-electron chi connectivity index (χ1n) is 17.4. The lowest BCUT2D eigenvalue weighted by Gasteiger charge is -2.29. The Balaban J connectivity index is 2.02. The first kappa shape index (κ1) is 40.1. The monoisotopic (exact) mass is 708 g/mol. The van der Waals surface area contributed by atoms with Crippen molar-refractivity contribution in [3.8, 4) is 11.1 Å². The van der Waals surface area contributed by atoms with Crippen molar-refractivity contribution in [2.24, 2.45) is 0 Å². The van der Waals surface area contributed by atoms with Gasteiger partial charge >= 0.3 is 6.09 Å². The third-order valence-electron chi connectivity index (χ3n) is 7.83. The van der Waals surface area contributed by atoms with E-state index in [9.17, 15) is 4.79 Å². The number of rotatable bonds is 18. The molecule has 0 saturated carbocycles. The zero-order chi connectivity index (χ0) is 36.4. The van der Waals surface area contributed by atoms with Crippen molar-refractivity contribution in [2.45, 2.75) is 110 Å². The van der Waals surface area contributed by atoms with E-state index in [-0.39, 0.29) is 12.1 Å². The molecule has 3 aromatic heterocycles. The summed E-state index contributed by atoms with van der Waals surface area (Å²) in [6, 6.07) is 8.06. The molecule has 0 aliphatic rings. The highest BCUT2D eigenvalue weighted by Gasteiger charge is 2.25. The zero-order valence-electron chi connectivity index (χ0n) is 31.9. The zero-order valence-corrected chi connectivity index (χ0v) is 33.9. The second-order valence-corrected chi connectivity index (χ2v) is 27.3. The Labute approximate surface area is 296 Å². The van der Waals surface area contributed by atoms with Crippen LogP contribution in [0, 0.1) is 0 Å². The molecule has 49 heavy (non-hydrogen) atoms. The Morgan fingerprint density at radius 3 is 2.16 bits per heavy atom. The molecule has 0 spiro atoms. The van der Waals surface area contributed by atoms with Crippen molar-refractivity contribution in [1.29, 1.82) is 0 Å². The summed E-state index contributed by atoms with van der Waals surface area (Å²) >= 11 is 0. The summed E-state index contributed by atoms with van der Waals surface area (Å²) in [5.41, 5.74) is 3.61. The van der Waals surface area contributed by atoms with Gasteiger partial charge in [0.15, 0.2) is 5.65 Å². The van der Waals surface area contributed by atoms with Gasteiger partial charge in [-0.3, -0.25) is 9.88 Å². The number of aryl methyl sites for hydroxylation is 1. The van der Waals surface area contributed by atoms with Crippen molar-refractivity contribution >= 4 is 39.8 Å². The fourth-order valence-electron chi connectivity index (χ4n) is 4.87. The molecule has 3 aromatic rings. The number of anilines is 1. The fourth-order valence-corrected chi connectivity index (χ4v) is 6.39. The van der Waals surface area contributed by atoms with E-state index >= 15 is 0 Å². The van der Waals surface area contributed by atoms with E-state index in [1.54, 1.807) is 17.2 Å². The molecule has 3 rings (SSSR count). The molecule has 12 heteroatoms. The van der Waals surface area contributed by atoms with E-state index in [1.165, 1.54) is 0 Å². The number of ether oxygens (including phenoxy) is 3. The topological polar surface area (TPSA) is 94.3 Å². The van der Waals surface area contributed by atoms with Crippen LogP contribution in [0.3, 0.4) is 0 Å². The molecule has 270 valence electrons. The molecule has 1 atom stereocenters. The first-order chi connectivity index (χ1) is 22.9. The van der Waals surface area contributed by atoms with Crippen molar-refractivity contribution in [2.75, 3.05) is 31.6 Å². The second kappa shape index (κ2) is 17.6. The second-order valence-electron chi connectivity index (χ2n) is 16.1. The number of carbonyl (C=O) groups excluding carboxylic acids is 1. The van der Waals surface area contributed by atoms with Gasteiger partial charge in [0.2, 0.25) is 0 Å². The molecule has 0 saturated heterocycles. The molecule has 10 nitrogen and oxygen atoms in total. The summed E-state index contributed by atoms with van der Waals surface area (Å²) in [7, 11) is -2.53. The number of pyridine rings is 1. The summed E-state index contributed by atoms with van der Waals surface area (Å²) < 4.78 is 20.2. The number of allylic oxidation sites excluding steroid dienone is 1. The molecular formula is C37H60N6O4Si2. The average molecular weight is 709 g/mol. The van der Waals surface area contributed by atoms with Gasteiger partial charge in [0.25, 0.3) is 0 Å².